The van der Waals surface area contributed by atoms with E-state index >= 15 is 0 Å². The summed E-state index contributed by atoms with van der Waals surface area (Å²) in [6.07, 6.45) is -4.87. The van der Waals surface area contributed by atoms with Crippen molar-refractivity contribution in [3.8, 4) is 0 Å². The maximum absolute atomic E-state index is 13.1. The van der Waals surface area contributed by atoms with Crippen LogP contribution in [-0.4, -0.2) is 20.7 Å². The molecule has 1 heterocycles. The second-order valence-electron chi connectivity index (χ2n) is 5.48. The van der Waals surface area contributed by atoms with Gasteiger partial charge in [-0.05, 0) is 29.8 Å². The van der Waals surface area contributed by atoms with Crippen LogP contribution in [-0.2, 0) is 12.7 Å². The molecule has 2 aromatic carbocycles. The van der Waals surface area contributed by atoms with Crippen LogP contribution in [0, 0.1) is 0 Å². The highest BCUT2D eigenvalue weighted by molar-refractivity contribution is 5.93. The lowest BCUT2D eigenvalue weighted by atomic mass is 10.1. The number of amides is 1. The number of carbonyl (C=O) groups is 1. The van der Waals surface area contributed by atoms with Crippen LogP contribution in [0.3, 0.4) is 0 Å². The van der Waals surface area contributed by atoms with Gasteiger partial charge in [0.1, 0.15) is 0 Å². The number of hydroxylamine groups is 1. The average molecular weight is 363 g/mol. The van der Waals surface area contributed by atoms with E-state index in [-0.39, 0.29) is 23.1 Å². The van der Waals surface area contributed by atoms with Crippen molar-refractivity contribution >= 4 is 16.9 Å². The SMILES string of the molecule is O=C(NO)c1ccc(Cn2c(=O)c(C(F)(F)F)nc3ccccc32)cc1. The highest BCUT2D eigenvalue weighted by Gasteiger charge is 2.37. The van der Waals surface area contributed by atoms with Gasteiger partial charge in [0.15, 0.2) is 0 Å². The summed E-state index contributed by atoms with van der Waals surface area (Å²) in [5.41, 5.74) is -0.252. The van der Waals surface area contributed by atoms with Gasteiger partial charge in [0, 0.05) is 5.56 Å². The first-order valence-corrected chi connectivity index (χ1v) is 7.41. The predicted octanol–water partition coefficient (Wildman–Crippen LogP) is 2.58. The fraction of sp³-hybridized carbons (Fsp3) is 0.118. The van der Waals surface area contributed by atoms with Gasteiger partial charge in [0.2, 0.25) is 5.69 Å². The Morgan fingerprint density at radius 3 is 2.38 bits per heavy atom. The summed E-state index contributed by atoms with van der Waals surface area (Å²) in [6, 6.07) is 11.8. The van der Waals surface area contributed by atoms with Crippen LogP contribution in [0.2, 0.25) is 0 Å². The first-order valence-electron chi connectivity index (χ1n) is 7.41. The number of nitrogens with one attached hydrogen (secondary N) is 1. The monoisotopic (exact) mass is 363 g/mol. The van der Waals surface area contributed by atoms with Crippen molar-refractivity contribution < 1.29 is 23.2 Å². The summed E-state index contributed by atoms with van der Waals surface area (Å²) in [6.45, 7) is -0.133. The second kappa shape index (κ2) is 6.60. The fourth-order valence-electron chi connectivity index (χ4n) is 2.54. The quantitative estimate of drug-likeness (QED) is 0.553. The lowest BCUT2D eigenvalue weighted by Gasteiger charge is -2.14. The minimum atomic E-state index is -4.87. The molecule has 0 aliphatic heterocycles. The van der Waals surface area contributed by atoms with Gasteiger partial charge in [-0.1, -0.05) is 24.3 Å². The molecule has 0 radical (unpaired) electrons. The van der Waals surface area contributed by atoms with Crippen molar-refractivity contribution in [3.05, 3.63) is 75.7 Å². The van der Waals surface area contributed by atoms with Gasteiger partial charge in [-0.2, -0.15) is 13.2 Å². The maximum atomic E-state index is 13.1. The van der Waals surface area contributed by atoms with Gasteiger partial charge in [-0.25, -0.2) is 10.5 Å². The zero-order chi connectivity index (χ0) is 18.9. The molecular formula is C17H12F3N3O3. The molecule has 0 aliphatic rings. The number of hydrogen-bond acceptors (Lipinski definition) is 4. The van der Waals surface area contributed by atoms with Gasteiger partial charge in [-0.15, -0.1) is 0 Å². The van der Waals surface area contributed by atoms with E-state index in [1.807, 2.05) is 0 Å². The molecule has 1 amide bonds. The van der Waals surface area contributed by atoms with Gasteiger partial charge < -0.3 is 4.57 Å². The van der Waals surface area contributed by atoms with Crippen molar-refractivity contribution in [3.63, 3.8) is 0 Å². The lowest BCUT2D eigenvalue weighted by molar-refractivity contribution is -0.142. The van der Waals surface area contributed by atoms with E-state index in [4.69, 9.17) is 5.21 Å². The standard InChI is InChI=1S/C17H12F3N3O3/c18-17(19,20)14-16(25)23(13-4-2-1-3-12(13)21-14)9-10-5-7-11(8-6-10)15(24)22-26/h1-8,26H,9H2,(H,22,24). The summed E-state index contributed by atoms with van der Waals surface area (Å²) in [5.74, 6) is -0.720. The molecule has 0 aliphatic carbocycles. The van der Waals surface area contributed by atoms with Crippen molar-refractivity contribution in [2.45, 2.75) is 12.7 Å². The molecule has 2 N–H and O–H groups in total. The molecule has 134 valence electrons. The predicted molar refractivity (Wildman–Crippen MR) is 85.8 cm³/mol. The van der Waals surface area contributed by atoms with Crippen LogP contribution in [0.15, 0.2) is 53.3 Å². The number of hydrogen-bond donors (Lipinski definition) is 2. The van der Waals surface area contributed by atoms with E-state index in [1.165, 1.54) is 47.9 Å². The van der Waals surface area contributed by atoms with E-state index in [0.717, 1.165) is 4.57 Å². The molecule has 0 unspecified atom stereocenters. The van der Waals surface area contributed by atoms with E-state index < -0.39 is 23.3 Å². The molecule has 0 saturated carbocycles. The Kier molecular flexibility index (Phi) is 4.47. The lowest BCUT2D eigenvalue weighted by Crippen LogP contribution is -2.31. The van der Waals surface area contributed by atoms with Crippen molar-refractivity contribution in [2.24, 2.45) is 0 Å². The maximum Gasteiger partial charge on any atom is 0.438 e. The van der Waals surface area contributed by atoms with Gasteiger partial charge >= 0.3 is 6.18 Å². The van der Waals surface area contributed by atoms with Crippen molar-refractivity contribution in [1.82, 2.24) is 15.0 Å². The molecular weight excluding hydrogens is 351 g/mol. The molecule has 9 heteroatoms. The third kappa shape index (κ3) is 3.29. The molecule has 6 nitrogen and oxygen atoms in total. The molecule has 1 aromatic heterocycles. The smallest absolute Gasteiger partial charge is 0.300 e. The number of aromatic nitrogens is 2. The topological polar surface area (TPSA) is 84.2 Å². The van der Waals surface area contributed by atoms with Crippen LogP contribution >= 0.6 is 0 Å². The largest absolute Gasteiger partial charge is 0.438 e. The van der Waals surface area contributed by atoms with E-state index in [1.54, 1.807) is 6.07 Å². The van der Waals surface area contributed by atoms with Crippen LogP contribution in [0.4, 0.5) is 13.2 Å². The molecule has 0 spiro atoms. The van der Waals surface area contributed by atoms with Gasteiger partial charge in [0.05, 0.1) is 17.6 Å². The summed E-state index contributed by atoms with van der Waals surface area (Å²) in [5, 5.41) is 8.60. The Morgan fingerprint density at radius 1 is 1.12 bits per heavy atom. The second-order valence-corrected chi connectivity index (χ2v) is 5.48. The molecule has 0 bridgehead atoms. The zero-order valence-electron chi connectivity index (χ0n) is 13.1. The Balaban J connectivity index is 2.11. The number of carbonyl (C=O) groups excluding carboxylic acids is 1. The third-order valence-corrected chi connectivity index (χ3v) is 3.78. The molecule has 0 saturated heterocycles. The number of nitrogens with zero attached hydrogens (tertiary/aromatic N) is 2. The number of fused-ring (bicyclic) bond motifs is 1. The van der Waals surface area contributed by atoms with Crippen molar-refractivity contribution in [2.75, 3.05) is 0 Å². The van der Waals surface area contributed by atoms with Crippen LogP contribution in [0.25, 0.3) is 11.0 Å². The minimum Gasteiger partial charge on any atom is -0.300 e. The number of benzene rings is 2. The van der Waals surface area contributed by atoms with Crippen LogP contribution in [0.1, 0.15) is 21.6 Å². The normalized spacial score (nSPS) is 11.5. The zero-order valence-corrected chi connectivity index (χ0v) is 13.1. The Bertz CT molecular complexity index is 1030. The van der Waals surface area contributed by atoms with Crippen LogP contribution < -0.4 is 11.0 Å². The molecule has 3 aromatic rings. The Labute approximate surface area is 144 Å². The summed E-state index contributed by atoms with van der Waals surface area (Å²) >= 11 is 0. The van der Waals surface area contributed by atoms with E-state index in [9.17, 15) is 22.8 Å². The first kappa shape index (κ1) is 17.6. The number of para-hydroxylation sites is 2. The van der Waals surface area contributed by atoms with Crippen molar-refractivity contribution in [1.29, 1.82) is 0 Å². The van der Waals surface area contributed by atoms with E-state index in [2.05, 4.69) is 4.98 Å². The van der Waals surface area contributed by atoms with Gasteiger partial charge in [-0.3, -0.25) is 14.8 Å². The third-order valence-electron chi connectivity index (χ3n) is 3.78. The molecule has 0 fully saturated rings. The molecule has 3 rings (SSSR count). The fourth-order valence-corrected chi connectivity index (χ4v) is 2.54. The Hall–Kier alpha value is -3.20. The van der Waals surface area contributed by atoms with Crippen LogP contribution in [0.5, 0.6) is 0 Å². The summed E-state index contributed by atoms with van der Waals surface area (Å²) < 4.78 is 40.4. The number of rotatable bonds is 3. The highest BCUT2D eigenvalue weighted by atomic mass is 19.4. The average Bonchev–Trinajstić information content (AvgIpc) is 2.62. The van der Waals surface area contributed by atoms with E-state index in [0.29, 0.717) is 5.56 Å². The Morgan fingerprint density at radius 2 is 1.77 bits per heavy atom. The minimum absolute atomic E-state index is 0.0516. The number of alkyl halides is 3. The summed E-state index contributed by atoms with van der Waals surface area (Å²) in [7, 11) is 0. The first-order chi connectivity index (χ1) is 12.3. The molecule has 26 heavy (non-hydrogen) atoms. The highest BCUT2D eigenvalue weighted by Crippen LogP contribution is 2.26. The summed E-state index contributed by atoms with van der Waals surface area (Å²) in [4.78, 5) is 27.1. The molecule has 0 atom stereocenters. The number of halogens is 3. The van der Waals surface area contributed by atoms with Gasteiger partial charge in [0.25, 0.3) is 11.5 Å².